The van der Waals surface area contributed by atoms with E-state index >= 15 is 0 Å². The van der Waals surface area contributed by atoms with Gasteiger partial charge in [0.2, 0.25) is 0 Å². The van der Waals surface area contributed by atoms with Gasteiger partial charge in [0.05, 0.1) is 5.60 Å². The highest BCUT2D eigenvalue weighted by Gasteiger charge is 2.38. The van der Waals surface area contributed by atoms with Gasteiger partial charge >= 0.3 is 0 Å². The zero-order chi connectivity index (χ0) is 9.95. The second-order valence-electron chi connectivity index (χ2n) is 4.88. The monoisotopic (exact) mass is 184 g/mol. The third-order valence-corrected chi connectivity index (χ3v) is 3.04. The molecule has 0 amide bonds. The summed E-state index contributed by atoms with van der Waals surface area (Å²) in [5.41, 5.74) is -0.245. The smallest absolute Gasteiger partial charge is 0.125 e. The Bertz CT molecular complexity index is 179. The molecule has 0 bridgehead atoms. The van der Waals surface area contributed by atoms with E-state index in [1.165, 1.54) is 12.8 Å². The molecule has 0 aromatic rings. The molecule has 0 spiro atoms. The van der Waals surface area contributed by atoms with Crippen molar-refractivity contribution in [3.8, 4) is 0 Å². The molecule has 1 fully saturated rings. The summed E-state index contributed by atoms with van der Waals surface area (Å²) in [5.74, 6) is 0. The Kier molecular flexibility index (Phi) is 3.12. The van der Waals surface area contributed by atoms with Crippen LogP contribution in [0.5, 0.6) is 0 Å². The van der Waals surface area contributed by atoms with Crippen LogP contribution >= 0.6 is 0 Å². The van der Waals surface area contributed by atoms with Gasteiger partial charge < -0.3 is 9.53 Å². The van der Waals surface area contributed by atoms with Crippen molar-refractivity contribution in [2.45, 2.75) is 51.6 Å². The molecule has 0 aliphatic heterocycles. The molecule has 0 saturated heterocycles. The Morgan fingerprint density at radius 2 is 1.92 bits per heavy atom. The summed E-state index contributed by atoms with van der Waals surface area (Å²) < 4.78 is 5.58. The van der Waals surface area contributed by atoms with Crippen LogP contribution in [0.1, 0.15) is 46.0 Å². The molecule has 1 aliphatic rings. The van der Waals surface area contributed by atoms with Gasteiger partial charge in [-0.05, 0) is 19.3 Å². The minimum Gasteiger partial charge on any atom is -0.378 e. The highest BCUT2D eigenvalue weighted by atomic mass is 16.5. The van der Waals surface area contributed by atoms with E-state index < -0.39 is 0 Å². The first-order valence-electron chi connectivity index (χ1n) is 5.05. The van der Waals surface area contributed by atoms with Crippen molar-refractivity contribution < 1.29 is 9.53 Å². The van der Waals surface area contributed by atoms with Crippen LogP contribution in [0, 0.1) is 5.41 Å². The first-order chi connectivity index (χ1) is 6.04. The van der Waals surface area contributed by atoms with E-state index in [9.17, 15) is 4.79 Å². The first kappa shape index (κ1) is 10.7. The molecule has 2 heteroatoms. The van der Waals surface area contributed by atoms with Crippen molar-refractivity contribution in [1.29, 1.82) is 0 Å². The minimum absolute atomic E-state index is 0.00951. The number of hydrogen-bond donors (Lipinski definition) is 0. The molecule has 0 aromatic heterocycles. The maximum atomic E-state index is 10.8. The first-order valence-corrected chi connectivity index (χ1v) is 5.05. The fraction of sp³-hybridized carbons (Fsp3) is 0.909. The Morgan fingerprint density at radius 1 is 1.38 bits per heavy atom. The van der Waals surface area contributed by atoms with E-state index in [1.54, 1.807) is 7.11 Å². The van der Waals surface area contributed by atoms with Crippen molar-refractivity contribution >= 4 is 6.29 Å². The summed E-state index contributed by atoms with van der Waals surface area (Å²) in [6.07, 6.45) is 6.61. The van der Waals surface area contributed by atoms with Crippen LogP contribution in [0.3, 0.4) is 0 Å². The lowest BCUT2D eigenvalue weighted by atomic mass is 9.80. The quantitative estimate of drug-likeness (QED) is 0.628. The predicted octanol–water partition coefficient (Wildman–Crippen LogP) is 2.56. The fourth-order valence-electron chi connectivity index (χ4n) is 2.34. The highest BCUT2D eigenvalue weighted by molar-refractivity contribution is 5.58. The van der Waals surface area contributed by atoms with E-state index in [-0.39, 0.29) is 11.0 Å². The molecule has 0 heterocycles. The molecule has 2 nitrogen and oxygen atoms in total. The number of aldehydes is 1. The van der Waals surface area contributed by atoms with Gasteiger partial charge in [0.1, 0.15) is 6.29 Å². The fourth-order valence-corrected chi connectivity index (χ4v) is 2.34. The lowest BCUT2D eigenvalue weighted by Gasteiger charge is -2.33. The molecule has 1 rings (SSSR count). The summed E-state index contributed by atoms with van der Waals surface area (Å²) in [5, 5.41) is 0. The molecular formula is C11H20O2. The molecule has 0 aromatic carbocycles. The van der Waals surface area contributed by atoms with Crippen molar-refractivity contribution in [1.82, 2.24) is 0 Å². The van der Waals surface area contributed by atoms with Gasteiger partial charge in [-0.3, -0.25) is 0 Å². The van der Waals surface area contributed by atoms with E-state index in [0.717, 1.165) is 25.5 Å². The number of rotatable bonds is 4. The van der Waals surface area contributed by atoms with Crippen LogP contribution in [-0.4, -0.2) is 19.0 Å². The molecular weight excluding hydrogens is 164 g/mol. The van der Waals surface area contributed by atoms with Crippen LogP contribution < -0.4 is 0 Å². The SMILES string of the molecule is COC1(CC(C)(C)C=O)CCCC1. The number of hydrogen-bond acceptors (Lipinski definition) is 2. The summed E-state index contributed by atoms with van der Waals surface area (Å²) >= 11 is 0. The van der Waals surface area contributed by atoms with Gasteiger partial charge in [-0.25, -0.2) is 0 Å². The lowest BCUT2D eigenvalue weighted by molar-refractivity contribution is -0.119. The molecule has 0 radical (unpaired) electrons. The van der Waals surface area contributed by atoms with Gasteiger partial charge in [0.25, 0.3) is 0 Å². The zero-order valence-corrected chi connectivity index (χ0v) is 8.93. The number of ether oxygens (including phenoxy) is 1. The van der Waals surface area contributed by atoms with Crippen molar-refractivity contribution in [2.75, 3.05) is 7.11 Å². The highest BCUT2D eigenvalue weighted by Crippen LogP contribution is 2.40. The van der Waals surface area contributed by atoms with Crippen molar-refractivity contribution in [2.24, 2.45) is 5.41 Å². The maximum absolute atomic E-state index is 10.8. The Morgan fingerprint density at radius 3 is 2.31 bits per heavy atom. The third kappa shape index (κ3) is 2.53. The second kappa shape index (κ2) is 3.79. The second-order valence-corrected chi connectivity index (χ2v) is 4.88. The van der Waals surface area contributed by atoms with Gasteiger partial charge in [-0.2, -0.15) is 0 Å². The van der Waals surface area contributed by atoms with Gasteiger partial charge in [0, 0.05) is 12.5 Å². The molecule has 0 N–H and O–H groups in total. The molecule has 0 atom stereocenters. The van der Waals surface area contributed by atoms with Crippen LogP contribution in [0.2, 0.25) is 0 Å². The van der Waals surface area contributed by atoms with Crippen molar-refractivity contribution in [3.63, 3.8) is 0 Å². The Labute approximate surface area is 80.7 Å². The van der Waals surface area contributed by atoms with Crippen LogP contribution in [0.15, 0.2) is 0 Å². The summed E-state index contributed by atoms with van der Waals surface area (Å²) in [6, 6.07) is 0. The molecule has 1 aliphatic carbocycles. The lowest BCUT2D eigenvalue weighted by Crippen LogP contribution is -2.34. The minimum atomic E-state index is -0.236. The van der Waals surface area contributed by atoms with Crippen LogP contribution in [-0.2, 0) is 9.53 Å². The average molecular weight is 184 g/mol. The Balaban J connectivity index is 2.62. The van der Waals surface area contributed by atoms with E-state index in [2.05, 4.69) is 0 Å². The van der Waals surface area contributed by atoms with E-state index in [0.29, 0.717) is 0 Å². The molecule has 0 unspecified atom stereocenters. The predicted molar refractivity (Wildman–Crippen MR) is 52.7 cm³/mol. The van der Waals surface area contributed by atoms with Crippen LogP contribution in [0.25, 0.3) is 0 Å². The normalized spacial score (nSPS) is 21.8. The summed E-state index contributed by atoms with van der Waals surface area (Å²) in [6.45, 7) is 3.97. The van der Waals surface area contributed by atoms with Gasteiger partial charge in [-0.15, -0.1) is 0 Å². The maximum Gasteiger partial charge on any atom is 0.125 e. The van der Waals surface area contributed by atoms with E-state index in [1.807, 2.05) is 13.8 Å². The summed E-state index contributed by atoms with van der Waals surface area (Å²) in [4.78, 5) is 10.8. The topological polar surface area (TPSA) is 26.3 Å². The molecule has 13 heavy (non-hydrogen) atoms. The Hall–Kier alpha value is -0.370. The third-order valence-electron chi connectivity index (χ3n) is 3.04. The number of carbonyl (C=O) groups excluding carboxylic acids is 1. The number of methoxy groups -OCH3 is 1. The van der Waals surface area contributed by atoms with Crippen LogP contribution in [0.4, 0.5) is 0 Å². The van der Waals surface area contributed by atoms with Gasteiger partial charge in [0.15, 0.2) is 0 Å². The number of carbonyl (C=O) groups is 1. The largest absolute Gasteiger partial charge is 0.378 e. The van der Waals surface area contributed by atoms with Gasteiger partial charge in [-0.1, -0.05) is 26.7 Å². The van der Waals surface area contributed by atoms with E-state index in [4.69, 9.17) is 4.74 Å². The average Bonchev–Trinajstić information content (AvgIpc) is 2.53. The summed E-state index contributed by atoms with van der Waals surface area (Å²) in [7, 11) is 1.77. The molecule has 76 valence electrons. The van der Waals surface area contributed by atoms with Crippen molar-refractivity contribution in [3.05, 3.63) is 0 Å². The zero-order valence-electron chi connectivity index (χ0n) is 8.93. The molecule has 1 saturated carbocycles. The standard InChI is InChI=1S/C11H20O2/c1-10(2,9-12)8-11(13-3)6-4-5-7-11/h9H,4-8H2,1-3H3.